The van der Waals surface area contributed by atoms with Crippen LogP contribution in [0, 0.1) is 27.7 Å². The van der Waals surface area contributed by atoms with Crippen molar-refractivity contribution >= 4 is 29.2 Å². The van der Waals surface area contributed by atoms with E-state index >= 15 is 0 Å². The van der Waals surface area contributed by atoms with E-state index in [2.05, 4.69) is 133 Å². The predicted molar refractivity (Wildman–Crippen MR) is 205 cm³/mol. The van der Waals surface area contributed by atoms with Gasteiger partial charge in [-0.3, -0.25) is 0 Å². The monoisotopic (exact) mass is 739 g/mol. The molecule has 2 atom stereocenters. The van der Waals surface area contributed by atoms with Gasteiger partial charge in [0.2, 0.25) is 0 Å². The summed E-state index contributed by atoms with van der Waals surface area (Å²) in [6, 6.07) is 27.3. The van der Waals surface area contributed by atoms with Gasteiger partial charge in [0.25, 0.3) is 0 Å². The number of hydrogen-bond donors (Lipinski definition) is 0. The third-order valence-electron chi connectivity index (χ3n) is 11.2. The fourth-order valence-corrected chi connectivity index (χ4v) is 26.9. The van der Waals surface area contributed by atoms with E-state index in [0.29, 0.717) is 0 Å². The molecule has 0 nitrogen and oxygen atoms in total. The second-order valence-corrected chi connectivity index (χ2v) is 37.4. The Morgan fingerprint density at radius 1 is 0.532 bits per heavy atom. The molecule has 0 saturated carbocycles. The van der Waals surface area contributed by atoms with Gasteiger partial charge in [-0.05, 0) is 0 Å². The molecule has 6 rings (SSSR count). The average Bonchev–Trinajstić information content (AvgIpc) is 3.66. The molecule has 245 valence electrons. The van der Waals surface area contributed by atoms with E-state index in [1.807, 2.05) is 0 Å². The van der Waals surface area contributed by atoms with Gasteiger partial charge in [0.15, 0.2) is 0 Å². The number of allylic oxidation sites excluding steroid dienone is 2. The average molecular weight is 742 g/mol. The summed E-state index contributed by atoms with van der Waals surface area (Å²) in [5.74, 6) is 0. The number of aryl methyl sites for hydroxylation is 4. The fourth-order valence-electron chi connectivity index (χ4n) is 8.56. The van der Waals surface area contributed by atoms with Gasteiger partial charge in [0.05, 0.1) is 0 Å². The standard InChI is InChI=1S/2C21H23.C2H5.2ClH.Zr/c2*1-4-5-6-17-13-20-16(3)9-12-19(21(20)14-17)18-10-7-15(2)8-11-18;1-2;;;/h2*7-14H,4-6H2,1-3H3;1H2,2H3;2*1H;/q;;;;;+2/p-2. The Hall–Kier alpha value is -2.18. The molecule has 0 spiro atoms. The number of fused-ring (bicyclic) bond motifs is 2. The van der Waals surface area contributed by atoms with E-state index < -0.39 is 16.4 Å². The van der Waals surface area contributed by atoms with Crippen molar-refractivity contribution in [1.82, 2.24) is 0 Å². The molecule has 2 unspecified atom stereocenters. The minimum absolute atomic E-state index is 0.0835. The van der Waals surface area contributed by atoms with Gasteiger partial charge in [-0.2, -0.15) is 0 Å². The SMILES string of the molecule is CCCCC1=Cc2c(-c3ccc(C)cc3)ccc(C)c2[CH]1[Zr]([Cl])([Cl])([CH2]C)[CH]1C(CCCC)=Cc2c(-c3ccc(C)cc3)ccc(C)c21. The van der Waals surface area contributed by atoms with Gasteiger partial charge in [-0.1, -0.05) is 0 Å². The van der Waals surface area contributed by atoms with Crippen molar-refractivity contribution in [2.24, 2.45) is 0 Å². The Balaban J connectivity index is 1.61. The van der Waals surface area contributed by atoms with Crippen LogP contribution < -0.4 is 0 Å². The first-order valence-corrected chi connectivity index (χ1v) is 28.8. The topological polar surface area (TPSA) is 0 Å². The molecule has 0 bridgehead atoms. The van der Waals surface area contributed by atoms with E-state index in [9.17, 15) is 0 Å². The van der Waals surface area contributed by atoms with Crippen LogP contribution in [0.3, 0.4) is 0 Å². The number of hydrogen-bond acceptors (Lipinski definition) is 0. The molecule has 0 amide bonds. The Bertz CT molecular complexity index is 1720. The van der Waals surface area contributed by atoms with Crippen molar-refractivity contribution in [3.05, 3.63) is 128 Å². The first-order valence-electron chi connectivity index (χ1n) is 17.9. The molecule has 2 aliphatic carbocycles. The first-order chi connectivity index (χ1) is 22.5. The molecule has 4 aromatic carbocycles. The van der Waals surface area contributed by atoms with Gasteiger partial charge in [0.1, 0.15) is 0 Å². The molecule has 0 N–H and O–H groups in total. The summed E-state index contributed by atoms with van der Waals surface area (Å²) < 4.78 is 1.01. The van der Waals surface area contributed by atoms with Crippen LogP contribution in [0.4, 0.5) is 0 Å². The van der Waals surface area contributed by atoms with Crippen molar-refractivity contribution < 1.29 is 16.4 Å². The summed E-state index contributed by atoms with van der Waals surface area (Å²) in [6.07, 6.45) is 11.7. The normalized spacial score (nSPS) is 17.9. The van der Waals surface area contributed by atoms with Crippen LogP contribution in [0.2, 0.25) is 4.13 Å². The van der Waals surface area contributed by atoms with E-state index in [-0.39, 0.29) is 7.25 Å². The minimum atomic E-state index is -4.91. The number of halogens is 2. The summed E-state index contributed by atoms with van der Waals surface area (Å²) in [4.78, 5) is 0. The Morgan fingerprint density at radius 2 is 0.915 bits per heavy atom. The van der Waals surface area contributed by atoms with Gasteiger partial charge < -0.3 is 0 Å². The summed E-state index contributed by atoms with van der Waals surface area (Å²) in [6.45, 7) is 15.8. The molecule has 47 heavy (non-hydrogen) atoms. The maximum atomic E-state index is 8.67. The van der Waals surface area contributed by atoms with Gasteiger partial charge in [-0.15, -0.1) is 0 Å². The number of benzene rings is 4. The molecule has 0 aromatic heterocycles. The quantitative estimate of drug-likeness (QED) is 0.144. The van der Waals surface area contributed by atoms with Crippen molar-refractivity contribution in [3.8, 4) is 22.3 Å². The van der Waals surface area contributed by atoms with Crippen molar-refractivity contribution in [3.63, 3.8) is 0 Å². The van der Waals surface area contributed by atoms with E-state index in [1.54, 1.807) is 0 Å². The summed E-state index contributed by atoms with van der Waals surface area (Å²) in [5.41, 5.74) is 18.8. The Morgan fingerprint density at radius 3 is 1.26 bits per heavy atom. The molecule has 0 aliphatic heterocycles. The predicted octanol–water partition coefficient (Wildman–Crippen LogP) is 14.6. The van der Waals surface area contributed by atoms with Gasteiger partial charge in [-0.25, -0.2) is 0 Å². The maximum absolute atomic E-state index is 8.67. The zero-order valence-electron chi connectivity index (χ0n) is 29.4. The second-order valence-electron chi connectivity index (χ2n) is 14.5. The zero-order valence-corrected chi connectivity index (χ0v) is 33.4. The molecule has 0 fully saturated rings. The second kappa shape index (κ2) is 13.6. The molecular formula is C44H51Cl2Zr. The summed E-state index contributed by atoms with van der Waals surface area (Å²) in [7, 11) is 17.3. The van der Waals surface area contributed by atoms with Crippen LogP contribution in [0.25, 0.3) is 34.4 Å². The van der Waals surface area contributed by atoms with E-state index in [1.165, 1.54) is 77.9 Å². The van der Waals surface area contributed by atoms with Gasteiger partial charge >= 0.3 is 295 Å². The van der Waals surface area contributed by atoms with Crippen LogP contribution in [-0.4, -0.2) is 0 Å². The summed E-state index contributed by atoms with van der Waals surface area (Å²) >= 11 is -4.91. The Kier molecular flexibility index (Phi) is 10.0. The summed E-state index contributed by atoms with van der Waals surface area (Å²) in [5, 5.41) is 0. The van der Waals surface area contributed by atoms with Crippen molar-refractivity contribution in [2.45, 2.75) is 98.4 Å². The molecular weight excluding hydrogens is 691 g/mol. The van der Waals surface area contributed by atoms with E-state index in [0.717, 1.165) is 42.7 Å². The third kappa shape index (κ3) is 6.13. The van der Waals surface area contributed by atoms with Crippen LogP contribution >= 0.6 is 17.0 Å². The van der Waals surface area contributed by atoms with Crippen LogP contribution in [0.15, 0.2) is 83.9 Å². The Labute approximate surface area is 292 Å². The molecule has 3 heteroatoms. The molecule has 0 saturated heterocycles. The molecule has 4 aromatic rings. The van der Waals surface area contributed by atoms with Crippen molar-refractivity contribution in [1.29, 1.82) is 0 Å². The van der Waals surface area contributed by atoms with E-state index in [4.69, 9.17) is 17.0 Å². The fraction of sp³-hybridized carbons (Fsp3) is 0.364. The van der Waals surface area contributed by atoms with Crippen LogP contribution in [0.1, 0.15) is 111 Å². The number of unbranched alkanes of at least 4 members (excludes halogenated alkanes) is 2. The zero-order chi connectivity index (χ0) is 33.5. The molecule has 0 radical (unpaired) electrons. The number of rotatable bonds is 11. The van der Waals surface area contributed by atoms with Crippen LogP contribution in [0.5, 0.6) is 0 Å². The van der Waals surface area contributed by atoms with Crippen molar-refractivity contribution in [2.75, 3.05) is 0 Å². The molecule has 0 heterocycles. The molecule has 2 aliphatic rings. The van der Waals surface area contributed by atoms with Gasteiger partial charge in [0, 0.05) is 0 Å². The third-order valence-corrected chi connectivity index (χ3v) is 31.9. The first kappa shape index (κ1) is 34.7. The van der Waals surface area contributed by atoms with Crippen LogP contribution in [-0.2, 0) is 16.4 Å².